The van der Waals surface area contributed by atoms with Crippen LogP contribution in [0.25, 0.3) is 0 Å². The van der Waals surface area contributed by atoms with Gasteiger partial charge in [0.2, 0.25) is 11.6 Å². The zero-order valence-electron chi connectivity index (χ0n) is 9.33. The van der Waals surface area contributed by atoms with Crippen LogP contribution in [0.1, 0.15) is 11.7 Å². The minimum Gasteiger partial charge on any atom is -0.387 e. The number of rotatable bonds is 4. The second kappa shape index (κ2) is 5.54. The van der Waals surface area contributed by atoms with Crippen LogP contribution in [-0.4, -0.2) is 16.6 Å². The summed E-state index contributed by atoms with van der Waals surface area (Å²) in [5.41, 5.74) is -0.451. The van der Waals surface area contributed by atoms with Crippen LogP contribution in [0.4, 0.5) is 23.2 Å². The molecule has 0 saturated heterocycles. The van der Waals surface area contributed by atoms with Gasteiger partial charge in [-0.15, -0.1) is 0 Å². The molecule has 2 N–H and O–H groups in total. The molecule has 0 aliphatic rings. The van der Waals surface area contributed by atoms with Crippen molar-refractivity contribution >= 4 is 17.0 Å². The fourth-order valence-corrected chi connectivity index (χ4v) is 2.13. The molecule has 1 unspecified atom stereocenters. The van der Waals surface area contributed by atoms with Crippen LogP contribution < -0.4 is 5.32 Å². The Hall–Kier alpha value is -1.67. The Bertz CT molecular complexity index is 550. The van der Waals surface area contributed by atoms with Gasteiger partial charge in [0.1, 0.15) is 5.69 Å². The van der Waals surface area contributed by atoms with E-state index in [1.54, 1.807) is 16.8 Å². The zero-order valence-corrected chi connectivity index (χ0v) is 10.1. The molecular weight excluding hydrogens is 284 g/mol. The van der Waals surface area contributed by atoms with Crippen molar-refractivity contribution in [2.75, 3.05) is 11.9 Å². The number of hydrogen-bond donors (Lipinski definition) is 2. The van der Waals surface area contributed by atoms with E-state index in [0.717, 1.165) is 0 Å². The maximum Gasteiger partial charge on any atom is 0.253 e. The third-order valence-electron chi connectivity index (χ3n) is 2.40. The Morgan fingerprint density at radius 2 is 1.84 bits per heavy atom. The standard InChI is InChI=1S/C11H8F4N2OS/c12-7-9(8(13)11(15)17-10(7)14)16-3-6(18)5-1-2-19-4-5/h1-2,4,6,18H,3H2,(H,16,17). The van der Waals surface area contributed by atoms with Crippen LogP contribution in [0, 0.1) is 23.5 Å². The van der Waals surface area contributed by atoms with E-state index in [1.807, 2.05) is 0 Å². The molecule has 0 bridgehead atoms. The van der Waals surface area contributed by atoms with Crippen molar-refractivity contribution in [2.45, 2.75) is 6.10 Å². The topological polar surface area (TPSA) is 45.1 Å². The van der Waals surface area contributed by atoms with Crippen molar-refractivity contribution in [1.29, 1.82) is 0 Å². The summed E-state index contributed by atoms with van der Waals surface area (Å²) in [7, 11) is 0. The first-order valence-corrected chi connectivity index (χ1v) is 6.09. The summed E-state index contributed by atoms with van der Waals surface area (Å²) in [6, 6.07) is 1.62. The number of thiophene rings is 1. The van der Waals surface area contributed by atoms with Gasteiger partial charge in [0, 0.05) is 6.54 Å². The molecule has 0 aromatic carbocycles. The predicted molar refractivity (Wildman–Crippen MR) is 61.8 cm³/mol. The van der Waals surface area contributed by atoms with Gasteiger partial charge in [-0.1, -0.05) is 0 Å². The van der Waals surface area contributed by atoms with Gasteiger partial charge < -0.3 is 10.4 Å². The highest BCUT2D eigenvalue weighted by molar-refractivity contribution is 7.07. The monoisotopic (exact) mass is 292 g/mol. The molecule has 0 fully saturated rings. The molecule has 0 spiro atoms. The molecule has 0 amide bonds. The number of nitrogens with one attached hydrogen (secondary N) is 1. The Morgan fingerprint density at radius 3 is 2.37 bits per heavy atom. The Morgan fingerprint density at radius 1 is 1.21 bits per heavy atom. The zero-order chi connectivity index (χ0) is 14.0. The maximum atomic E-state index is 13.2. The van der Waals surface area contributed by atoms with Crippen molar-refractivity contribution in [3.05, 3.63) is 45.9 Å². The van der Waals surface area contributed by atoms with E-state index in [4.69, 9.17) is 0 Å². The molecule has 2 aromatic heterocycles. The minimum atomic E-state index is -1.74. The average molecular weight is 292 g/mol. The second-order valence-corrected chi connectivity index (χ2v) is 4.43. The molecule has 8 heteroatoms. The average Bonchev–Trinajstić information content (AvgIpc) is 2.90. The number of halogens is 4. The van der Waals surface area contributed by atoms with Gasteiger partial charge in [0.05, 0.1) is 6.10 Å². The Kier molecular flexibility index (Phi) is 4.01. The van der Waals surface area contributed by atoms with Crippen molar-refractivity contribution in [3.8, 4) is 0 Å². The lowest BCUT2D eigenvalue weighted by Crippen LogP contribution is -2.15. The molecule has 2 rings (SSSR count). The molecule has 2 heterocycles. The molecule has 0 aliphatic heterocycles. The van der Waals surface area contributed by atoms with Gasteiger partial charge in [0.25, 0.3) is 11.9 Å². The number of aromatic nitrogens is 1. The van der Waals surface area contributed by atoms with Crippen molar-refractivity contribution in [2.24, 2.45) is 0 Å². The number of hydrogen-bond acceptors (Lipinski definition) is 4. The summed E-state index contributed by atoms with van der Waals surface area (Å²) < 4.78 is 52.1. The quantitative estimate of drug-likeness (QED) is 0.673. The lowest BCUT2D eigenvalue weighted by molar-refractivity contribution is 0.192. The molecule has 1 atom stereocenters. The molecule has 102 valence electrons. The van der Waals surface area contributed by atoms with Gasteiger partial charge in [-0.25, -0.2) is 0 Å². The van der Waals surface area contributed by atoms with E-state index in [9.17, 15) is 22.7 Å². The number of aliphatic hydroxyl groups excluding tert-OH is 1. The lowest BCUT2D eigenvalue weighted by atomic mass is 10.2. The van der Waals surface area contributed by atoms with Crippen LogP contribution in [0.5, 0.6) is 0 Å². The first-order valence-electron chi connectivity index (χ1n) is 5.14. The van der Waals surface area contributed by atoms with Crippen LogP contribution in [-0.2, 0) is 0 Å². The smallest absolute Gasteiger partial charge is 0.253 e. The van der Waals surface area contributed by atoms with Gasteiger partial charge >= 0.3 is 0 Å². The number of pyridine rings is 1. The van der Waals surface area contributed by atoms with Crippen LogP contribution in [0.2, 0.25) is 0 Å². The first-order chi connectivity index (χ1) is 9.00. The highest BCUT2D eigenvalue weighted by Gasteiger charge is 2.21. The summed E-state index contributed by atoms with van der Waals surface area (Å²) in [6.07, 6.45) is -1.05. The third-order valence-corrected chi connectivity index (χ3v) is 3.10. The fraction of sp³-hybridized carbons (Fsp3) is 0.182. The summed E-state index contributed by atoms with van der Waals surface area (Å²) in [4.78, 5) is 2.43. The molecule has 0 radical (unpaired) electrons. The van der Waals surface area contributed by atoms with E-state index in [1.165, 1.54) is 11.3 Å². The molecule has 0 aliphatic carbocycles. The molecule has 19 heavy (non-hydrogen) atoms. The summed E-state index contributed by atoms with van der Waals surface area (Å²) >= 11 is 1.33. The van der Waals surface area contributed by atoms with E-state index in [-0.39, 0.29) is 6.54 Å². The highest BCUT2D eigenvalue weighted by Crippen LogP contribution is 2.23. The number of nitrogens with zero attached hydrogens (tertiary/aromatic N) is 1. The lowest BCUT2D eigenvalue weighted by Gasteiger charge is -2.13. The van der Waals surface area contributed by atoms with E-state index < -0.39 is 35.3 Å². The van der Waals surface area contributed by atoms with Gasteiger partial charge in [-0.05, 0) is 22.4 Å². The van der Waals surface area contributed by atoms with E-state index >= 15 is 0 Å². The summed E-state index contributed by atoms with van der Waals surface area (Å²) in [6.45, 7) is -0.298. The van der Waals surface area contributed by atoms with Crippen molar-refractivity contribution < 1.29 is 22.7 Å². The Balaban J connectivity index is 2.16. The van der Waals surface area contributed by atoms with E-state index in [0.29, 0.717) is 5.56 Å². The number of aliphatic hydroxyl groups is 1. The minimum absolute atomic E-state index is 0.298. The third kappa shape index (κ3) is 2.85. The predicted octanol–water partition coefficient (Wildman–Crippen LogP) is 2.85. The molecule has 0 saturated carbocycles. The van der Waals surface area contributed by atoms with Gasteiger partial charge in [-0.3, -0.25) is 0 Å². The van der Waals surface area contributed by atoms with Crippen LogP contribution >= 0.6 is 11.3 Å². The van der Waals surface area contributed by atoms with E-state index in [2.05, 4.69) is 10.3 Å². The van der Waals surface area contributed by atoms with Gasteiger partial charge in [0.15, 0.2) is 0 Å². The Labute approximate surface area is 109 Å². The number of anilines is 1. The first kappa shape index (κ1) is 13.8. The summed E-state index contributed by atoms with van der Waals surface area (Å²) in [5, 5.41) is 15.2. The second-order valence-electron chi connectivity index (χ2n) is 3.65. The van der Waals surface area contributed by atoms with Crippen molar-refractivity contribution in [1.82, 2.24) is 4.98 Å². The van der Waals surface area contributed by atoms with Crippen molar-refractivity contribution in [3.63, 3.8) is 0 Å². The summed E-state index contributed by atoms with van der Waals surface area (Å²) in [5.74, 6) is -6.74. The normalized spacial score (nSPS) is 12.5. The van der Waals surface area contributed by atoms with Gasteiger partial charge in [-0.2, -0.15) is 33.9 Å². The molecule has 3 nitrogen and oxygen atoms in total. The SMILES string of the molecule is OC(CNc1c(F)c(F)nc(F)c1F)c1ccsc1. The molecular formula is C11H8F4N2OS. The maximum absolute atomic E-state index is 13.2. The largest absolute Gasteiger partial charge is 0.387 e. The molecule has 2 aromatic rings. The van der Waals surface area contributed by atoms with Crippen LogP contribution in [0.3, 0.4) is 0 Å². The highest BCUT2D eigenvalue weighted by atomic mass is 32.1. The van der Waals surface area contributed by atoms with Crippen LogP contribution in [0.15, 0.2) is 16.8 Å². The fourth-order valence-electron chi connectivity index (χ4n) is 1.42.